The molecule has 1 aromatic carbocycles. The third-order valence-corrected chi connectivity index (χ3v) is 4.73. The second-order valence-corrected chi connectivity index (χ2v) is 6.74. The topological polar surface area (TPSA) is 66.1 Å². The van der Waals surface area contributed by atoms with Gasteiger partial charge in [-0.25, -0.2) is 4.98 Å². The summed E-state index contributed by atoms with van der Waals surface area (Å²) in [5.41, 5.74) is 0.564. The number of para-hydroxylation sites is 1. The Morgan fingerprint density at radius 3 is 2.88 bits per heavy atom. The van der Waals surface area contributed by atoms with Crippen molar-refractivity contribution < 1.29 is 4.79 Å². The lowest BCUT2D eigenvalue weighted by Crippen LogP contribution is -2.25. The molecule has 0 spiro atoms. The molecule has 0 radical (unpaired) electrons. The molecule has 1 amide bonds. The molecular weight excluding hydrogens is 322 g/mol. The van der Waals surface area contributed by atoms with Gasteiger partial charge >= 0.3 is 0 Å². The summed E-state index contributed by atoms with van der Waals surface area (Å²) in [6.07, 6.45) is 1.69. The van der Waals surface area contributed by atoms with E-state index in [9.17, 15) is 9.59 Å². The molecule has 3 rings (SSSR count). The van der Waals surface area contributed by atoms with E-state index in [0.29, 0.717) is 42.5 Å². The smallest absolute Gasteiger partial charge is 0.258 e. The van der Waals surface area contributed by atoms with Gasteiger partial charge in [-0.2, -0.15) is 0 Å². The van der Waals surface area contributed by atoms with Gasteiger partial charge in [-0.05, 0) is 30.0 Å². The molecule has 5 nitrogen and oxygen atoms in total. The molecule has 0 aliphatic rings. The van der Waals surface area contributed by atoms with Crippen LogP contribution in [0.25, 0.3) is 10.9 Å². The highest BCUT2D eigenvalue weighted by molar-refractivity contribution is 7.09. The van der Waals surface area contributed by atoms with Crippen molar-refractivity contribution in [2.24, 2.45) is 0 Å². The summed E-state index contributed by atoms with van der Waals surface area (Å²) in [6.45, 7) is 0.640. The fourth-order valence-electron chi connectivity index (χ4n) is 2.58. The van der Waals surface area contributed by atoms with E-state index in [2.05, 4.69) is 9.97 Å². The summed E-state index contributed by atoms with van der Waals surface area (Å²) in [6, 6.07) is 11.3. The summed E-state index contributed by atoms with van der Waals surface area (Å²) in [4.78, 5) is 34.4. The molecule has 24 heavy (non-hydrogen) atoms. The van der Waals surface area contributed by atoms with Gasteiger partial charge in [0.1, 0.15) is 5.82 Å². The van der Waals surface area contributed by atoms with E-state index in [1.165, 1.54) is 4.88 Å². The van der Waals surface area contributed by atoms with Gasteiger partial charge in [-0.1, -0.05) is 18.2 Å². The van der Waals surface area contributed by atoms with Crippen LogP contribution in [0, 0.1) is 0 Å². The SMILES string of the molecule is CN(Cc1cccs1)C(=O)CCCc1nc2ccccc2c(=O)[nH]1. The minimum absolute atomic E-state index is 0.103. The van der Waals surface area contributed by atoms with Crippen molar-refractivity contribution in [1.29, 1.82) is 0 Å². The lowest BCUT2D eigenvalue weighted by atomic mass is 10.2. The van der Waals surface area contributed by atoms with Crippen molar-refractivity contribution in [2.75, 3.05) is 7.05 Å². The van der Waals surface area contributed by atoms with Crippen LogP contribution in [0.4, 0.5) is 0 Å². The number of hydrogen-bond acceptors (Lipinski definition) is 4. The van der Waals surface area contributed by atoms with E-state index in [4.69, 9.17) is 0 Å². The number of aryl methyl sites for hydroxylation is 1. The molecule has 0 aliphatic carbocycles. The van der Waals surface area contributed by atoms with E-state index in [0.717, 1.165) is 0 Å². The van der Waals surface area contributed by atoms with Gasteiger partial charge in [0, 0.05) is 24.8 Å². The summed E-state index contributed by atoms with van der Waals surface area (Å²) < 4.78 is 0. The fourth-order valence-corrected chi connectivity index (χ4v) is 3.33. The van der Waals surface area contributed by atoms with Gasteiger partial charge in [0.2, 0.25) is 5.91 Å². The van der Waals surface area contributed by atoms with Crippen LogP contribution in [0.3, 0.4) is 0 Å². The number of carbonyl (C=O) groups excluding carboxylic acids is 1. The van der Waals surface area contributed by atoms with Crippen LogP contribution in [0.15, 0.2) is 46.6 Å². The predicted octanol–water partition coefficient (Wildman–Crippen LogP) is 2.97. The standard InChI is InChI=1S/C18H19N3O2S/c1-21(12-13-6-5-11-24-13)17(22)10-4-9-16-19-15-8-3-2-7-14(15)18(23)20-16/h2-3,5-8,11H,4,9-10,12H2,1H3,(H,19,20,23). The maximum Gasteiger partial charge on any atom is 0.258 e. The number of aromatic amines is 1. The summed E-state index contributed by atoms with van der Waals surface area (Å²) in [5, 5.41) is 2.60. The average molecular weight is 341 g/mol. The summed E-state index contributed by atoms with van der Waals surface area (Å²) in [5.74, 6) is 0.735. The molecule has 0 unspecified atom stereocenters. The van der Waals surface area contributed by atoms with Crippen LogP contribution in [-0.2, 0) is 17.8 Å². The maximum absolute atomic E-state index is 12.2. The van der Waals surface area contributed by atoms with Crippen LogP contribution < -0.4 is 5.56 Å². The first-order valence-corrected chi connectivity index (χ1v) is 8.76. The Kier molecular flexibility index (Phi) is 5.05. The van der Waals surface area contributed by atoms with E-state index in [1.807, 2.05) is 42.8 Å². The van der Waals surface area contributed by atoms with Crippen LogP contribution in [-0.4, -0.2) is 27.8 Å². The van der Waals surface area contributed by atoms with Gasteiger partial charge in [0.25, 0.3) is 5.56 Å². The van der Waals surface area contributed by atoms with Crippen molar-refractivity contribution in [3.05, 3.63) is 62.8 Å². The average Bonchev–Trinajstić information content (AvgIpc) is 3.08. The predicted molar refractivity (Wildman–Crippen MR) is 96.1 cm³/mol. The Morgan fingerprint density at radius 2 is 2.08 bits per heavy atom. The number of nitrogens with zero attached hydrogens (tertiary/aromatic N) is 2. The van der Waals surface area contributed by atoms with Crippen molar-refractivity contribution >= 4 is 28.1 Å². The molecule has 3 aromatic rings. The summed E-state index contributed by atoms with van der Waals surface area (Å²) >= 11 is 1.65. The van der Waals surface area contributed by atoms with E-state index in [1.54, 1.807) is 22.3 Å². The quantitative estimate of drug-likeness (QED) is 0.749. The third kappa shape index (κ3) is 3.89. The highest BCUT2D eigenvalue weighted by Gasteiger charge is 2.10. The summed E-state index contributed by atoms with van der Waals surface area (Å²) in [7, 11) is 1.82. The maximum atomic E-state index is 12.2. The number of aromatic nitrogens is 2. The van der Waals surface area contributed by atoms with Crippen LogP contribution in [0.5, 0.6) is 0 Å². The Labute approximate surface area is 144 Å². The first-order chi connectivity index (χ1) is 11.6. The Morgan fingerprint density at radius 1 is 1.25 bits per heavy atom. The van der Waals surface area contributed by atoms with Crippen molar-refractivity contribution in [3.63, 3.8) is 0 Å². The molecule has 0 bridgehead atoms. The number of amides is 1. The van der Waals surface area contributed by atoms with Crippen LogP contribution in [0.2, 0.25) is 0 Å². The third-order valence-electron chi connectivity index (χ3n) is 3.86. The molecule has 124 valence electrons. The highest BCUT2D eigenvalue weighted by Crippen LogP contribution is 2.12. The van der Waals surface area contributed by atoms with E-state index < -0.39 is 0 Å². The minimum Gasteiger partial charge on any atom is -0.341 e. The molecular formula is C18H19N3O2S. The zero-order valence-corrected chi connectivity index (χ0v) is 14.3. The number of nitrogens with one attached hydrogen (secondary N) is 1. The molecule has 0 saturated heterocycles. The zero-order chi connectivity index (χ0) is 16.9. The molecule has 0 saturated carbocycles. The van der Waals surface area contributed by atoms with Gasteiger partial charge in [0.05, 0.1) is 17.4 Å². The number of H-pyrrole nitrogens is 1. The lowest BCUT2D eigenvalue weighted by molar-refractivity contribution is -0.130. The normalized spacial score (nSPS) is 10.9. The zero-order valence-electron chi connectivity index (χ0n) is 13.5. The molecule has 0 fully saturated rings. The van der Waals surface area contributed by atoms with Crippen LogP contribution in [0.1, 0.15) is 23.5 Å². The first kappa shape index (κ1) is 16.4. The van der Waals surface area contributed by atoms with Crippen molar-refractivity contribution in [3.8, 4) is 0 Å². The number of carbonyl (C=O) groups is 1. The minimum atomic E-state index is -0.128. The molecule has 0 atom stereocenters. The Balaban J connectivity index is 1.56. The monoisotopic (exact) mass is 341 g/mol. The Bertz CT molecular complexity index is 887. The molecule has 2 aromatic heterocycles. The molecule has 6 heteroatoms. The fraction of sp³-hybridized carbons (Fsp3) is 0.278. The molecule has 0 aliphatic heterocycles. The van der Waals surface area contributed by atoms with Crippen molar-refractivity contribution in [1.82, 2.24) is 14.9 Å². The van der Waals surface area contributed by atoms with Crippen LogP contribution >= 0.6 is 11.3 Å². The second-order valence-electron chi connectivity index (χ2n) is 5.71. The first-order valence-electron chi connectivity index (χ1n) is 7.88. The van der Waals surface area contributed by atoms with E-state index >= 15 is 0 Å². The van der Waals surface area contributed by atoms with Gasteiger partial charge < -0.3 is 9.88 Å². The number of hydrogen-bond donors (Lipinski definition) is 1. The lowest BCUT2D eigenvalue weighted by Gasteiger charge is -2.16. The van der Waals surface area contributed by atoms with Gasteiger partial charge in [-0.3, -0.25) is 9.59 Å². The van der Waals surface area contributed by atoms with E-state index in [-0.39, 0.29) is 11.5 Å². The largest absolute Gasteiger partial charge is 0.341 e. The second kappa shape index (κ2) is 7.40. The Hall–Kier alpha value is -2.47. The van der Waals surface area contributed by atoms with Gasteiger partial charge in [0.15, 0.2) is 0 Å². The number of fused-ring (bicyclic) bond motifs is 1. The number of benzene rings is 1. The van der Waals surface area contributed by atoms with Crippen molar-refractivity contribution in [2.45, 2.75) is 25.8 Å². The molecule has 1 N–H and O–H groups in total. The highest BCUT2D eigenvalue weighted by atomic mass is 32.1. The van der Waals surface area contributed by atoms with Gasteiger partial charge in [-0.15, -0.1) is 11.3 Å². The number of thiophene rings is 1. The molecule has 2 heterocycles. The number of rotatable bonds is 6.